The summed E-state index contributed by atoms with van der Waals surface area (Å²) in [7, 11) is 1.67. The Hall–Kier alpha value is -2.87. The summed E-state index contributed by atoms with van der Waals surface area (Å²) in [5.41, 5.74) is 1.92. The molecule has 1 aromatic carbocycles. The Bertz CT molecular complexity index is 844. The highest BCUT2D eigenvalue weighted by Crippen LogP contribution is 2.31. The lowest BCUT2D eigenvalue weighted by molar-refractivity contribution is -0.139. The Morgan fingerprint density at radius 1 is 1.13 bits per heavy atom. The number of ether oxygens (including phenoxy) is 1. The van der Waals surface area contributed by atoms with Gasteiger partial charge in [-0.2, -0.15) is 0 Å². The molecule has 31 heavy (non-hydrogen) atoms. The molecule has 1 N–H and O–H groups in total. The van der Waals surface area contributed by atoms with Gasteiger partial charge < -0.3 is 15.0 Å². The van der Waals surface area contributed by atoms with Crippen molar-refractivity contribution in [1.82, 2.24) is 20.0 Å². The average molecular weight is 429 g/mol. The van der Waals surface area contributed by atoms with Crippen LogP contribution in [0.15, 0.2) is 41.6 Å². The normalized spacial score (nSPS) is 20.2. The zero-order valence-electron chi connectivity index (χ0n) is 18.8. The molecule has 1 atom stereocenters. The number of carbonyl (C=O) groups excluding carboxylic acids is 3. The molecule has 2 heterocycles. The van der Waals surface area contributed by atoms with Crippen LogP contribution in [0.5, 0.6) is 0 Å². The van der Waals surface area contributed by atoms with Gasteiger partial charge in [-0.05, 0) is 12.5 Å². The molecular weight excluding hydrogens is 396 g/mol. The fraction of sp³-hybridized carbons (Fsp3) is 0.522. The molecule has 1 fully saturated rings. The van der Waals surface area contributed by atoms with Crippen molar-refractivity contribution in [1.29, 1.82) is 0 Å². The maximum atomic E-state index is 13.0. The first-order valence-electron chi connectivity index (χ1n) is 10.8. The highest BCUT2D eigenvalue weighted by Gasteiger charge is 2.37. The maximum absolute atomic E-state index is 13.0. The predicted octanol–water partition coefficient (Wildman–Crippen LogP) is 2.00. The van der Waals surface area contributed by atoms with E-state index in [9.17, 15) is 14.4 Å². The van der Waals surface area contributed by atoms with Crippen LogP contribution in [0.25, 0.3) is 0 Å². The summed E-state index contributed by atoms with van der Waals surface area (Å²) in [4.78, 5) is 43.5. The Balaban J connectivity index is 1.88. The molecule has 2 aliphatic rings. The Labute approximate surface area is 183 Å². The van der Waals surface area contributed by atoms with Crippen molar-refractivity contribution in [2.45, 2.75) is 26.8 Å². The number of esters is 1. The second-order valence-electron chi connectivity index (χ2n) is 8.19. The predicted molar refractivity (Wildman–Crippen MR) is 117 cm³/mol. The molecule has 0 saturated carbocycles. The Kier molecular flexibility index (Phi) is 7.33. The van der Waals surface area contributed by atoms with Crippen LogP contribution in [0.1, 0.15) is 32.4 Å². The zero-order valence-corrected chi connectivity index (χ0v) is 18.8. The summed E-state index contributed by atoms with van der Waals surface area (Å²) in [5.74, 6) is -0.291. The number of nitrogens with one attached hydrogen (secondary N) is 1. The van der Waals surface area contributed by atoms with E-state index in [-0.39, 0.29) is 24.5 Å². The number of benzene rings is 1. The second kappa shape index (κ2) is 9.96. The van der Waals surface area contributed by atoms with Crippen LogP contribution >= 0.6 is 0 Å². The van der Waals surface area contributed by atoms with Gasteiger partial charge in [-0.25, -0.2) is 9.59 Å². The number of hydrogen-bond acceptors (Lipinski definition) is 5. The minimum absolute atomic E-state index is 0.0236. The Morgan fingerprint density at radius 2 is 1.77 bits per heavy atom. The van der Waals surface area contributed by atoms with Crippen molar-refractivity contribution in [2.75, 3.05) is 46.4 Å². The first-order valence-corrected chi connectivity index (χ1v) is 10.8. The van der Waals surface area contributed by atoms with Gasteiger partial charge in [-0.3, -0.25) is 14.6 Å². The molecule has 0 radical (unpaired) electrons. The van der Waals surface area contributed by atoms with Crippen LogP contribution in [0.2, 0.25) is 0 Å². The molecule has 168 valence electrons. The topological polar surface area (TPSA) is 82.2 Å². The van der Waals surface area contributed by atoms with Crippen LogP contribution < -0.4 is 5.32 Å². The molecule has 0 aromatic heterocycles. The van der Waals surface area contributed by atoms with Gasteiger partial charge in [0.25, 0.3) is 0 Å². The summed E-state index contributed by atoms with van der Waals surface area (Å²) in [5, 5.41) is 2.93. The molecule has 0 spiro atoms. The standard InChI is InChI=1S/C23H32N4O4/c1-5-31-22(29)19-18(15-26-11-13-27(14-12-26)21(28)16(2)3)25(4)23(30)24-20(19)17-9-7-6-8-10-17/h6-10,16,20H,5,11-15H2,1-4H3,(H,24,30)/t20-/m1/s1. The maximum Gasteiger partial charge on any atom is 0.338 e. The van der Waals surface area contributed by atoms with Gasteiger partial charge in [0.15, 0.2) is 0 Å². The van der Waals surface area contributed by atoms with Crippen LogP contribution in [-0.2, 0) is 14.3 Å². The van der Waals surface area contributed by atoms with Crippen molar-refractivity contribution in [3.63, 3.8) is 0 Å². The van der Waals surface area contributed by atoms with Crippen molar-refractivity contribution < 1.29 is 19.1 Å². The van der Waals surface area contributed by atoms with Gasteiger partial charge in [-0.1, -0.05) is 44.2 Å². The van der Waals surface area contributed by atoms with E-state index in [0.29, 0.717) is 44.0 Å². The first kappa shape index (κ1) is 22.8. The van der Waals surface area contributed by atoms with E-state index >= 15 is 0 Å². The number of urea groups is 1. The van der Waals surface area contributed by atoms with E-state index in [1.165, 1.54) is 4.90 Å². The number of carbonyl (C=O) groups is 3. The number of nitrogens with zero attached hydrogens (tertiary/aromatic N) is 3. The molecule has 1 saturated heterocycles. The highest BCUT2D eigenvalue weighted by atomic mass is 16.5. The van der Waals surface area contributed by atoms with Gasteiger partial charge in [-0.15, -0.1) is 0 Å². The van der Waals surface area contributed by atoms with Crippen molar-refractivity contribution in [3.8, 4) is 0 Å². The van der Waals surface area contributed by atoms with E-state index in [4.69, 9.17) is 4.74 Å². The lowest BCUT2D eigenvalue weighted by atomic mass is 9.94. The first-order chi connectivity index (χ1) is 14.8. The summed E-state index contributed by atoms with van der Waals surface area (Å²) in [6.45, 7) is 8.91. The average Bonchev–Trinajstić information content (AvgIpc) is 2.77. The quantitative estimate of drug-likeness (QED) is 0.701. The number of likely N-dealkylation sites (N-methyl/N-ethyl adjacent to an activating group) is 1. The molecule has 0 bridgehead atoms. The van der Waals surface area contributed by atoms with E-state index in [1.54, 1.807) is 14.0 Å². The smallest absolute Gasteiger partial charge is 0.338 e. The molecule has 8 heteroatoms. The monoisotopic (exact) mass is 428 g/mol. The van der Waals surface area contributed by atoms with Gasteiger partial charge >= 0.3 is 12.0 Å². The van der Waals surface area contributed by atoms with Crippen molar-refractivity contribution >= 4 is 17.9 Å². The van der Waals surface area contributed by atoms with Crippen molar-refractivity contribution in [3.05, 3.63) is 47.2 Å². The van der Waals surface area contributed by atoms with Crippen LogP contribution in [0, 0.1) is 5.92 Å². The number of rotatable bonds is 6. The summed E-state index contributed by atoms with van der Waals surface area (Å²) >= 11 is 0. The molecule has 8 nitrogen and oxygen atoms in total. The van der Waals surface area contributed by atoms with E-state index in [2.05, 4.69) is 10.2 Å². The third-order valence-electron chi connectivity index (χ3n) is 5.76. The number of amides is 3. The highest BCUT2D eigenvalue weighted by molar-refractivity contribution is 5.95. The van der Waals surface area contributed by atoms with E-state index in [0.717, 1.165) is 5.56 Å². The molecular formula is C23H32N4O4. The van der Waals surface area contributed by atoms with Crippen LogP contribution in [-0.4, -0.2) is 79.0 Å². The van der Waals surface area contributed by atoms with Gasteiger partial charge in [0.05, 0.1) is 18.2 Å². The fourth-order valence-electron chi connectivity index (χ4n) is 4.00. The van der Waals surface area contributed by atoms with Gasteiger partial charge in [0, 0.05) is 51.4 Å². The summed E-state index contributed by atoms with van der Waals surface area (Å²) < 4.78 is 5.36. The largest absolute Gasteiger partial charge is 0.463 e. The lowest BCUT2D eigenvalue weighted by Crippen LogP contribution is -2.53. The van der Waals surface area contributed by atoms with Crippen LogP contribution in [0.3, 0.4) is 0 Å². The fourth-order valence-corrected chi connectivity index (χ4v) is 4.00. The third kappa shape index (κ3) is 5.07. The number of hydrogen-bond donors (Lipinski definition) is 1. The zero-order chi connectivity index (χ0) is 22.5. The summed E-state index contributed by atoms with van der Waals surface area (Å²) in [6, 6.07) is 8.62. The third-order valence-corrected chi connectivity index (χ3v) is 5.76. The molecule has 0 unspecified atom stereocenters. The SMILES string of the molecule is CCOC(=O)C1=C(CN2CCN(C(=O)C(C)C)CC2)N(C)C(=O)N[C@@H]1c1ccccc1. The minimum Gasteiger partial charge on any atom is -0.463 e. The molecule has 3 rings (SSSR count). The van der Waals surface area contributed by atoms with Gasteiger partial charge in [0.2, 0.25) is 5.91 Å². The molecule has 2 aliphatic heterocycles. The van der Waals surface area contributed by atoms with E-state index < -0.39 is 12.0 Å². The second-order valence-corrected chi connectivity index (χ2v) is 8.19. The Morgan fingerprint density at radius 3 is 2.35 bits per heavy atom. The molecule has 0 aliphatic carbocycles. The van der Waals surface area contributed by atoms with Gasteiger partial charge in [0.1, 0.15) is 0 Å². The lowest BCUT2D eigenvalue weighted by Gasteiger charge is -2.39. The van der Waals surface area contributed by atoms with E-state index in [1.807, 2.05) is 49.1 Å². The van der Waals surface area contributed by atoms with Crippen molar-refractivity contribution in [2.24, 2.45) is 5.92 Å². The van der Waals surface area contributed by atoms with Crippen LogP contribution in [0.4, 0.5) is 4.79 Å². The molecule has 3 amide bonds. The summed E-state index contributed by atoms with van der Waals surface area (Å²) in [6.07, 6.45) is 0. The minimum atomic E-state index is -0.567. The number of piperazine rings is 1. The molecule has 1 aromatic rings.